The number of carbonyl (C=O) groups is 2. The summed E-state index contributed by atoms with van der Waals surface area (Å²) in [6, 6.07) is -0.147. The molecule has 0 fully saturated rings. The van der Waals surface area contributed by atoms with Crippen molar-refractivity contribution in [2.24, 2.45) is 11.7 Å². The van der Waals surface area contributed by atoms with Crippen LogP contribution in [0.25, 0.3) is 0 Å². The van der Waals surface area contributed by atoms with E-state index in [4.69, 9.17) is 5.73 Å². The van der Waals surface area contributed by atoms with Crippen molar-refractivity contribution in [3.8, 4) is 0 Å². The first kappa shape index (κ1) is 16.9. The molecule has 1 unspecified atom stereocenters. The van der Waals surface area contributed by atoms with E-state index in [0.717, 1.165) is 6.42 Å². The Morgan fingerprint density at radius 1 is 1.17 bits per heavy atom. The zero-order chi connectivity index (χ0) is 14.3. The molecule has 0 aromatic carbocycles. The normalized spacial score (nSPS) is 12.4. The first-order valence-corrected chi connectivity index (χ1v) is 6.53. The minimum absolute atomic E-state index is 0.0340. The quantitative estimate of drug-likeness (QED) is 0.729. The van der Waals surface area contributed by atoms with E-state index < -0.39 is 0 Å². The van der Waals surface area contributed by atoms with Gasteiger partial charge < -0.3 is 15.5 Å². The van der Waals surface area contributed by atoms with Crippen LogP contribution >= 0.6 is 0 Å². The fourth-order valence-corrected chi connectivity index (χ4v) is 1.43. The summed E-state index contributed by atoms with van der Waals surface area (Å²) in [6.07, 6.45) is 1.14. The van der Waals surface area contributed by atoms with E-state index in [1.165, 1.54) is 4.90 Å². The second-order valence-corrected chi connectivity index (χ2v) is 5.22. The topological polar surface area (TPSA) is 66.6 Å². The summed E-state index contributed by atoms with van der Waals surface area (Å²) >= 11 is 0. The van der Waals surface area contributed by atoms with E-state index >= 15 is 0 Å². The van der Waals surface area contributed by atoms with Crippen LogP contribution in [-0.2, 0) is 9.59 Å². The Morgan fingerprint density at radius 2 is 1.72 bits per heavy atom. The van der Waals surface area contributed by atoms with Crippen molar-refractivity contribution < 1.29 is 9.59 Å². The Morgan fingerprint density at radius 3 is 2.11 bits per heavy atom. The highest BCUT2D eigenvalue weighted by Gasteiger charge is 2.20. The first-order valence-electron chi connectivity index (χ1n) is 6.53. The van der Waals surface area contributed by atoms with Gasteiger partial charge in [-0.15, -0.1) is 0 Å². The smallest absolute Gasteiger partial charge is 0.241 e. The molecular weight excluding hydrogens is 230 g/mol. The van der Waals surface area contributed by atoms with Crippen molar-refractivity contribution in [2.75, 3.05) is 27.2 Å². The summed E-state index contributed by atoms with van der Waals surface area (Å²) in [7, 11) is 3.38. The molecule has 5 nitrogen and oxygen atoms in total. The van der Waals surface area contributed by atoms with Crippen LogP contribution in [0.5, 0.6) is 0 Å². The Bertz CT molecular complexity index is 277. The van der Waals surface area contributed by atoms with Gasteiger partial charge in [-0.3, -0.25) is 9.59 Å². The van der Waals surface area contributed by atoms with Crippen LogP contribution in [0.1, 0.15) is 33.6 Å². The Labute approximate surface area is 110 Å². The first-order chi connectivity index (χ1) is 8.29. The average molecular weight is 257 g/mol. The molecule has 0 aromatic heterocycles. The average Bonchev–Trinajstić information content (AvgIpc) is 2.27. The number of rotatable bonds is 7. The highest BCUT2D eigenvalue weighted by molar-refractivity contribution is 5.84. The monoisotopic (exact) mass is 257 g/mol. The van der Waals surface area contributed by atoms with Crippen molar-refractivity contribution in [3.63, 3.8) is 0 Å². The minimum Gasteiger partial charge on any atom is -0.347 e. The lowest BCUT2D eigenvalue weighted by molar-refractivity contribution is -0.139. The minimum atomic E-state index is -0.147. The van der Waals surface area contributed by atoms with Crippen LogP contribution < -0.4 is 5.73 Å². The summed E-state index contributed by atoms with van der Waals surface area (Å²) in [6.45, 7) is 6.72. The van der Waals surface area contributed by atoms with Gasteiger partial charge in [0.1, 0.15) is 0 Å². The number of hydrogen-bond donors (Lipinski definition) is 1. The van der Waals surface area contributed by atoms with Crippen LogP contribution in [0.3, 0.4) is 0 Å². The molecule has 18 heavy (non-hydrogen) atoms. The van der Waals surface area contributed by atoms with E-state index in [-0.39, 0.29) is 30.3 Å². The second-order valence-electron chi connectivity index (χ2n) is 5.22. The fraction of sp³-hybridized carbons (Fsp3) is 0.846. The number of likely N-dealkylation sites (N-methyl/N-ethyl adjacent to an activating group) is 1. The van der Waals surface area contributed by atoms with E-state index in [1.54, 1.807) is 19.0 Å². The Hall–Kier alpha value is -1.10. The van der Waals surface area contributed by atoms with Crippen LogP contribution in [0.15, 0.2) is 0 Å². The zero-order valence-electron chi connectivity index (χ0n) is 12.3. The molecule has 0 saturated carbocycles. The molecule has 0 spiro atoms. The van der Waals surface area contributed by atoms with Gasteiger partial charge in [-0.1, -0.05) is 20.8 Å². The van der Waals surface area contributed by atoms with Crippen LogP contribution in [0.2, 0.25) is 0 Å². The SMILES string of the molecule is CCCN(CC(=O)N(C)C)C(=O)CC(N)C(C)C. The molecule has 2 N–H and O–H groups in total. The number of amides is 2. The standard InChI is InChI=1S/C13H27N3O2/c1-6-7-16(9-13(18)15(4)5)12(17)8-11(14)10(2)3/h10-11H,6-9,14H2,1-5H3. The van der Waals surface area contributed by atoms with Gasteiger partial charge in [-0.2, -0.15) is 0 Å². The van der Waals surface area contributed by atoms with Crippen LogP contribution in [0, 0.1) is 5.92 Å². The van der Waals surface area contributed by atoms with Crippen LogP contribution in [-0.4, -0.2) is 54.8 Å². The number of hydrogen-bond acceptors (Lipinski definition) is 3. The molecule has 0 radical (unpaired) electrons. The Kier molecular flexibility index (Phi) is 7.59. The van der Waals surface area contributed by atoms with Gasteiger partial charge in [-0.05, 0) is 12.3 Å². The molecule has 1 atom stereocenters. The van der Waals surface area contributed by atoms with E-state index in [2.05, 4.69) is 0 Å². The summed E-state index contributed by atoms with van der Waals surface area (Å²) in [5.74, 6) is 0.171. The lowest BCUT2D eigenvalue weighted by Gasteiger charge is -2.25. The molecule has 0 heterocycles. The van der Waals surface area contributed by atoms with Crippen molar-refractivity contribution in [1.82, 2.24) is 9.80 Å². The second kappa shape index (κ2) is 8.08. The molecule has 0 rings (SSSR count). The number of carbonyl (C=O) groups excluding carboxylic acids is 2. The third-order valence-electron chi connectivity index (χ3n) is 2.94. The van der Waals surface area contributed by atoms with Crippen molar-refractivity contribution >= 4 is 11.8 Å². The highest BCUT2D eigenvalue weighted by atomic mass is 16.2. The molecule has 106 valence electrons. The third-order valence-corrected chi connectivity index (χ3v) is 2.94. The van der Waals surface area contributed by atoms with Crippen molar-refractivity contribution in [3.05, 3.63) is 0 Å². The molecule has 0 aliphatic carbocycles. The summed E-state index contributed by atoms with van der Waals surface area (Å²) < 4.78 is 0. The molecule has 0 aromatic rings. The van der Waals surface area contributed by atoms with Gasteiger partial charge in [0.15, 0.2) is 0 Å². The summed E-state index contributed by atoms with van der Waals surface area (Å²) in [4.78, 5) is 26.8. The van der Waals surface area contributed by atoms with E-state index in [9.17, 15) is 9.59 Å². The fourth-order valence-electron chi connectivity index (χ4n) is 1.43. The van der Waals surface area contributed by atoms with Gasteiger partial charge in [0.25, 0.3) is 0 Å². The lowest BCUT2D eigenvalue weighted by Crippen LogP contribution is -2.43. The summed E-state index contributed by atoms with van der Waals surface area (Å²) in [5.41, 5.74) is 5.90. The van der Waals surface area contributed by atoms with Crippen molar-refractivity contribution in [2.45, 2.75) is 39.7 Å². The Balaban J connectivity index is 4.49. The van der Waals surface area contributed by atoms with Crippen molar-refractivity contribution in [1.29, 1.82) is 0 Å². The van der Waals surface area contributed by atoms with Gasteiger partial charge in [-0.25, -0.2) is 0 Å². The molecule has 5 heteroatoms. The maximum Gasteiger partial charge on any atom is 0.241 e. The van der Waals surface area contributed by atoms with E-state index in [0.29, 0.717) is 13.0 Å². The predicted octanol–water partition coefficient (Wildman–Crippen LogP) is 0.687. The maximum absolute atomic E-state index is 12.1. The number of nitrogens with zero attached hydrogens (tertiary/aromatic N) is 2. The van der Waals surface area contributed by atoms with Gasteiger partial charge in [0.2, 0.25) is 11.8 Å². The number of nitrogens with two attached hydrogens (primary N) is 1. The summed E-state index contributed by atoms with van der Waals surface area (Å²) in [5, 5.41) is 0. The van der Waals surface area contributed by atoms with Gasteiger partial charge in [0, 0.05) is 33.1 Å². The van der Waals surface area contributed by atoms with Crippen LogP contribution in [0.4, 0.5) is 0 Å². The third kappa shape index (κ3) is 6.00. The predicted molar refractivity (Wildman–Crippen MR) is 73.0 cm³/mol. The van der Waals surface area contributed by atoms with Gasteiger partial charge in [0.05, 0.1) is 6.54 Å². The molecule has 0 saturated heterocycles. The van der Waals surface area contributed by atoms with E-state index in [1.807, 2.05) is 20.8 Å². The molecule has 0 aliphatic rings. The van der Waals surface area contributed by atoms with Gasteiger partial charge >= 0.3 is 0 Å². The largest absolute Gasteiger partial charge is 0.347 e. The molecule has 0 aliphatic heterocycles. The lowest BCUT2D eigenvalue weighted by atomic mass is 10.0. The maximum atomic E-state index is 12.1. The molecular formula is C13H27N3O2. The highest BCUT2D eigenvalue weighted by Crippen LogP contribution is 2.06. The zero-order valence-corrected chi connectivity index (χ0v) is 12.3. The molecule has 2 amide bonds. The molecule has 0 bridgehead atoms.